The Morgan fingerprint density at radius 2 is 1.52 bits per heavy atom. The average Bonchev–Trinajstić information content (AvgIpc) is 3.80. The highest BCUT2D eigenvalue weighted by molar-refractivity contribution is 8.07. The van der Waals surface area contributed by atoms with Crippen molar-refractivity contribution in [1.82, 2.24) is 39.0 Å². The number of anilines is 2. The number of nitrogens with zero attached hydrogens (tertiary/aromatic N) is 8. The molecule has 23 heteroatoms. The molecule has 2 aliphatic rings. The molecular formula is C23H32N10O10P2S. The Morgan fingerprint density at radius 3 is 2.15 bits per heavy atom. The predicted octanol–water partition coefficient (Wildman–Crippen LogP) is 1.05. The molecule has 46 heavy (non-hydrogen) atoms. The minimum atomic E-state index is -4.42. The molecular weight excluding hydrogens is 670 g/mol. The van der Waals surface area contributed by atoms with Gasteiger partial charge in [0.25, 0.3) is 0 Å². The number of phosphoric ester groups is 1. The van der Waals surface area contributed by atoms with Crippen LogP contribution in [0.1, 0.15) is 25.8 Å². The molecule has 0 radical (unpaired) electrons. The van der Waals surface area contributed by atoms with Gasteiger partial charge in [0.2, 0.25) is 0 Å². The number of nitrogen functional groups attached to an aromatic ring is 2. The molecule has 0 saturated carbocycles. The average molecular weight is 703 g/mol. The summed E-state index contributed by atoms with van der Waals surface area (Å²) in [5.41, 5.74) is 13.5. The molecule has 6 N–H and O–H groups in total. The molecule has 0 spiro atoms. The zero-order valence-electron chi connectivity index (χ0n) is 24.7. The lowest BCUT2D eigenvalue weighted by atomic mass is 10.0. The molecule has 6 rings (SSSR count). The van der Waals surface area contributed by atoms with Crippen LogP contribution in [0.25, 0.3) is 22.3 Å². The van der Waals surface area contributed by atoms with Crippen molar-refractivity contribution in [2.75, 3.05) is 38.9 Å². The second-order valence-corrected chi connectivity index (χ2v) is 14.9. The van der Waals surface area contributed by atoms with E-state index in [4.69, 9.17) is 51.1 Å². The number of nitrogens with two attached hydrogens (primary N) is 2. The van der Waals surface area contributed by atoms with E-state index in [0.29, 0.717) is 28.7 Å². The Kier molecular flexibility index (Phi) is 9.38. The van der Waals surface area contributed by atoms with E-state index in [9.17, 15) is 14.4 Å². The summed E-state index contributed by atoms with van der Waals surface area (Å²) in [4.78, 5) is 46.1. The van der Waals surface area contributed by atoms with Crippen molar-refractivity contribution in [3.05, 3.63) is 25.3 Å². The van der Waals surface area contributed by atoms with E-state index in [1.165, 1.54) is 30.7 Å². The van der Waals surface area contributed by atoms with Crippen LogP contribution < -0.4 is 11.5 Å². The second kappa shape index (κ2) is 13.0. The highest BCUT2D eigenvalue weighted by atomic mass is 32.5. The third-order valence-corrected chi connectivity index (χ3v) is 10.2. The van der Waals surface area contributed by atoms with Crippen LogP contribution >= 0.6 is 14.5 Å². The second-order valence-electron chi connectivity index (χ2n) is 10.6. The van der Waals surface area contributed by atoms with E-state index < -0.39 is 58.0 Å². The lowest BCUT2D eigenvalue weighted by Gasteiger charge is -2.28. The smallest absolute Gasteiger partial charge is 0.382 e. The number of ether oxygens (including phenoxy) is 3. The number of imidazole rings is 2. The minimum Gasteiger partial charge on any atom is -0.382 e. The van der Waals surface area contributed by atoms with Gasteiger partial charge in [-0.1, -0.05) is 6.92 Å². The molecule has 6 heterocycles. The number of phosphoric acid groups is 1. The molecule has 250 valence electrons. The van der Waals surface area contributed by atoms with Gasteiger partial charge in [-0.3, -0.25) is 22.7 Å². The van der Waals surface area contributed by atoms with Crippen LogP contribution in [0.3, 0.4) is 0 Å². The largest absolute Gasteiger partial charge is 0.472 e. The van der Waals surface area contributed by atoms with E-state index >= 15 is 0 Å². The monoisotopic (exact) mass is 702 g/mol. The fourth-order valence-corrected chi connectivity index (χ4v) is 7.28. The quantitative estimate of drug-likeness (QED) is 0.150. The molecule has 0 aliphatic carbocycles. The number of rotatable bonds is 12. The van der Waals surface area contributed by atoms with Crippen LogP contribution in [0, 0.1) is 5.92 Å². The van der Waals surface area contributed by atoms with Crippen LogP contribution in [0.15, 0.2) is 25.3 Å². The summed E-state index contributed by atoms with van der Waals surface area (Å²) in [5.74, 6) is 0.389. The van der Waals surface area contributed by atoms with Gasteiger partial charge in [-0.05, 0) is 24.1 Å². The molecule has 2 aliphatic heterocycles. The SMILES string of the molecule is COC1[C@@H](OP(O)(=S)OC[C@H]2O[C@@H](n3cnc4c(N)ncnc43)C[C@H]2C)[C@@H](COP(=O)(O)OC)O[C@H]1n1cnc2c(N)ncnc21. The Balaban J connectivity index is 1.18. The summed E-state index contributed by atoms with van der Waals surface area (Å²) in [6.07, 6.45) is 1.11. The lowest BCUT2D eigenvalue weighted by Crippen LogP contribution is -2.37. The maximum atomic E-state index is 12.1. The van der Waals surface area contributed by atoms with E-state index in [1.807, 2.05) is 6.92 Å². The Morgan fingerprint density at radius 1 is 0.913 bits per heavy atom. The molecule has 2 saturated heterocycles. The summed E-state index contributed by atoms with van der Waals surface area (Å²) in [7, 11) is -2.01. The van der Waals surface area contributed by atoms with Gasteiger partial charge in [-0.2, -0.15) is 0 Å². The zero-order valence-corrected chi connectivity index (χ0v) is 27.3. The van der Waals surface area contributed by atoms with Crippen molar-refractivity contribution in [2.24, 2.45) is 5.92 Å². The summed E-state index contributed by atoms with van der Waals surface area (Å²) >= 11 is 5.39. The molecule has 3 unspecified atom stereocenters. The van der Waals surface area contributed by atoms with Crippen LogP contribution in [0.4, 0.5) is 11.6 Å². The molecule has 0 aromatic carbocycles. The normalized spacial score (nSPS) is 29.4. The third-order valence-electron chi connectivity index (χ3n) is 7.75. The van der Waals surface area contributed by atoms with Crippen molar-refractivity contribution in [2.45, 2.75) is 50.2 Å². The van der Waals surface area contributed by atoms with Crippen LogP contribution in [-0.2, 0) is 48.7 Å². The van der Waals surface area contributed by atoms with Crippen molar-refractivity contribution in [3.8, 4) is 0 Å². The van der Waals surface area contributed by atoms with Gasteiger partial charge in [0, 0.05) is 14.2 Å². The molecule has 2 fully saturated rings. The Bertz CT molecular complexity index is 1810. The zero-order chi connectivity index (χ0) is 32.8. The highest BCUT2D eigenvalue weighted by Crippen LogP contribution is 2.51. The van der Waals surface area contributed by atoms with E-state index in [2.05, 4.69) is 34.4 Å². The fraction of sp³-hybridized carbons (Fsp3) is 0.565. The molecule has 0 amide bonds. The topological polar surface area (TPSA) is 261 Å². The minimum absolute atomic E-state index is 0.0135. The number of fused-ring (bicyclic) bond motifs is 2. The third kappa shape index (κ3) is 6.51. The van der Waals surface area contributed by atoms with Gasteiger partial charge < -0.3 is 40.0 Å². The Hall–Kier alpha value is -2.78. The van der Waals surface area contributed by atoms with Gasteiger partial charge in [0.15, 0.2) is 29.2 Å². The molecule has 9 atom stereocenters. The van der Waals surface area contributed by atoms with E-state index in [0.717, 1.165) is 7.11 Å². The number of aromatic nitrogens is 8. The standard InChI is InChI=1S/C23H32N10O10P2S/c1-11-4-14(32-9-30-15-19(24)26-7-28-21(15)32)41-12(11)5-40-45(36,46)43-17-13(6-39-44(34,35)38-3)42-23(18(17)37-2)33-10-31-16-20(25)27-8-29-22(16)33/h7-14,17-18,23H,4-6H2,1-3H3,(H,34,35)(H,36,46)(H2,24,26,28)(H2,25,27,29)/t11-,12-,13-,14-,17+,18?,23-,45?/m1/s1. The molecule has 4 aromatic heterocycles. The number of methoxy groups -OCH3 is 1. The number of hydrogen-bond donors (Lipinski definition) is 4. The first-order chi connectivity index (χ1) is 21.9. The van der Waals surface area contributed by atoms with Crippen molar-refractivity contribution >= 4 is 60.3 Å². The van der Waals surface area contributed by atoms with Crippen LogP contribution in [0.5, 0.6) is 0 Å². The summed E-state index contributed by atoms with van der Waals surface area (Å²) in [6, 6.07) is 0. The first kappa shape index (κ1) is 33.1. The predicted molar refractivity (Wildman–Crippen MR) is 162 cm³/mol. The first-order valence-electron chi connectivity index (χ1n) is 13.8. The maximum absolute atomic E-state index is 12.1. The maximum Gasteiger partial charge on any atom is 0.472 e. The van der Waals surface area contributed by atoms with Gasteiger partial charge >= 0.3 is 14.5 Å². The summed E-state index contributed by atoms with van der Waals surface area (Å²) in [5, 5.41) is 0. The highest BCUT2D eigenvalue weighted by Gasteiger charge is 2.50. The van der Waals surface area contributed by atoms with Crippen molar-refractivity contribution in [1.29, 1.82) is 0 Å². The molecule has 0 bridgehead atoms. The van der Waals surface area contributed by atoms with Gasteiger partial charge in [0.05, 0.1) is 32.0 Å². The van der Waals surface area contributed by atoms with Crippen LogP contribution in [0.2, 0.25) is 0 Å². The van der Waals surface area contributed by atoms with Crippen LogP contribution in [-0.4, -0.2) is 101 Å². The lowest BCUT2D eigenvalue weighted by molar-refractivity contribution is -0.0581. The van der Waals surface area contributed by atoms with E-state index in [1.54, 1.807) is 10.9 Å². The number of hydrogen-bond acceptors (Lipinski definition) is 17. The van der Waals surface area contributed by atoms with Crippen molar-refractivity contribution in [3.63, 3.8) is 0 Å². The van der Waals surface area contributed by atoms with Gasteiger partial charge in [-0.15, -0.1) is 0 Å². The molecule has 20 nitrogen and oxygen atoms in total. The van der Waals surface area contributed by atoms with Crippen molar-refractivity contribution < 1.29 is 46.7 Å². The van der Waals surface area contributed by atoms with Gasteiger partial charge in [0.1, 0.15) is 48.2 Å². The summed E-state index contributed by atoms with van der Waals surface area (Å²) in [6.45, 7) is -2.66. The fourth-order valence-electron chi connectivity index (χ4n) is 5.40. The molecule has 4 aromatic rings. The Labute approximate surface area is 266 Å². The van der Waals surface area contributed by atoms with E-state index in [-0.39, 0.29) is 24.2 Å². The summed E-state index contributed by atoms with van der Waals surface area (Å²) < 4.78 is 54.8. The van der Waals surface area contributed by atoms with Gasteiger partial charge in [-0.25, -0.2) is 34.5 Å². The first-order valence-corrected chi connectivity index (χ1v) is 17.9.